The van der Waals surface area contributed by atoms with Crippen LogP contribution in [-0.4, -0.2) is 35.8 Å². The highest BCUT2D eigenvalue weighted by molar-refractivity contribution is 7.15. The van der Waals surface area contributed by atoms with Gasteiger partial charge in [0.15, 0.2) is 0 Å². The maximum atomic E-state index is 12.4. The minimum atomic E-state index is -1.13. The topological polar surface area (TPSA) is 99.5 Å². The van der Waals surface area contributed by atoms with Crippen LogP contribution in [0.2, 0.25) is 0 Å². The SMILES string of the molecule is COc1ccc(-c2ccc(CC(=N)C(=O)NC(Cc3ccccc3)C(=O)O)s2)cc1. The Morgan fingerprint density at radius 2 is 1.77 bits per heavy atom. The van der Waals surface area contributed by atoms with Gasteiger partial charge in [-0.2, -0.15) is 0 Å². The molecule has 0 bridgehead atoms. The molecule has 0 fully saturated rings. The molecule has 0 radical (unpaired) electrons. The zero-order chi connectivity index (χ0) is 21.5. The van der Waals surface area contributed by atoms with Gasteiger partial charge in [0.25, 0.3) is 5.91 Å². The van der Waals surface area contributed by atoms with Gasteiger partial charge in [-0.3, -0.25) is 10.2 Å². The molecule has 2 aromatic carbocycles. The van der Waals surface area contributed by atoms with Gasteiger partial charge < -0.3 is 15.2 Å². The third-order valence-corrected chi connectivity index (χ3v) is 5.68. The Morgan fingerprint density at radius 1 is 1.07 bits per heavy atom. The highest BCUT2D eigenvalue weighted by Crippen LogP contribution is 2.29. The minimum Gasteiger partial charge on any atom is -0.497 e. The Balaban J connectivity index is 1.61. The molecular weight excluding hydrogens is 400 g/mol. The molecule has 0 saturated heterocycles. The van der Waals surface area contributed by atoms with Gasteiger partial charge in [0, 0.05) is 22.6 Å². The zero-order valence-corrected chi connectivity index (χ0v) is 17.2. The molecule has 1 heterocycles. The fraction of sp³-hybridized carbons (Fsp3) is 0.174. The van der Waals surface area contributed by atoms with Crippen molar-refractivity contribution < 1.29 is 19.4 Å². The van der Waals surface area contributed by atoms with E-state index in [9.17, 15) is 14.7 Å². The molecule has 0 aliphatic carbocycles. The van der Waals surface area contributed by atoms with Crippen molar-refractivity contribution in [1.29, 1.82) is 5.41 Å². The molecule has 154 valence electrons. The lowest BCUT2D eigenvalue weighted by molar-refractivity contribution is -0.141. The van der Waals surface area contributed by atoms with Gasteiger partial charge in [0.2, 0.25) is 0 Å². The first-order valence-electron chi connectivity index (χ1n) is 9.34. The summed E-state index contributed by atoms with van der Waals surface area (Å²) in [6, 6.07) is 19.5. The van der Waals surface area contributed by atoms with E-state index in [1.165, 1.54) is 11.3 Å². The number of rotatable bonds is 9. The number of ether oxygens (including phenoxy) is 1. The molecule has 0 aliphatic heterocycles. The number of nitrogens with one attached hydrogen (secondary N) is 2. The smallest absolute Gasteiger partial charge is 0.326 e. The van der Waals surface area contributed by atoms with Crippen molar-refractivity contribution in [2.75, 3.05) is 7.11 Å². The molecule has 1 atom stereocenters. The van der Waals surface area contributed by atoms with Gasteiger partial charge >= 0.3 is 5.97 Å². The molecule has 0 saturated carbocycles. The van der Waals surface area contributed by atoms with Crippen LogP contribution in [0.4, 0.5) is 0 Å². The molecule has 3 rings (SSSR count). The van der Waals surface area contributed by atoms with Crippen molar-refractivity contribution in [2.45, 2.75) is 18.9 Å². The summed E-state index contributed by atoms with van der Waals surface area (Å²) in [4.78, 5) is 25.8. The van der Waals surface area contributed by atoms with Crippen LogP contribution in [-0.2, 0) is 22.4 Å². The van der Waals surface area contributed by atoms with E-state index < -0.39 is 17.9 Å². The number of carboxylic acid groups (broad SMARTS) is 1. The van der Waals surface area contributed by atoms with Crippen LogP contribution in [0.1, 0.15) is 10.4 Å². The second-order valence-corrected chi connectivity index (χ2v) is 7.87. The first-order valence-corrected chi connectivity index (χ1v) is 10.2. The maximum Gasteiger partial charge on any atom is 0.326 e. The van der Waals surface area contributed by atoms with Crippen molar-refractivity contribution in [3.8, 4) is 16.2 Å². The van der Waals surface area contributed by atoms with E-state index in [2.05, 4.69) is 5.32 Å². The molecule has 6 nitrogen and oxygen atoms in total. The van der Waals surface area contributed by atoms with E-state index in [0.29, 0.717) is 0 Å². The summed E-state index contributed by atoms with van der Waals surface area (Å²) in [6.07, 6.45) is 0.306. The third kappa shape index (κ3) is 5.55. The van der Waals surface area contributed by atoms with E-state index >= 15 is 0 Å². The van der Waals surface area contributed by atoms with Gasteiger partial charge in [-0.25, -0.2) is 4.79 Å². The van der Waals surface area contributed by atoms with Crippen LogP contribution >= 0.6 is 11.3 Å². The lowest BCUT2D eigenvalue weighted by atomic mass is 10.1. The molecule has 0 aliphatic rings. The van der Waals surface area contributed by atoms with Gasteiger partial charge in [0.05, 0.1) is 7.11 Å². The highest BCUT2D eigenvalue weighted by Gasteiger charge is 2.22. The second-order valence-electron chi connectivity index (χ2n) is 6.70. The van der Waals surface area contributed by atoms with Crippen LogP contribution in [0, 0.1) is 5.41 Å². The Morgan fingerprint density at radius 3 is 2.40 bits per heavy atom. The average molecular weight is 423 g/mol. The van der Waals surface area contributed by atoms with E-state index in [0.717, 1.165) is 26.6 Å². The summed E-state index contributed by atoms with van der Waals surface area (Å²) in [6.45, 7) is 0. The van der Waals surface area contributed by atoms with Crippen LogP contribution in [0.15, 0.2) is 66.7 Å². The van der Waals surface area contributed by atoms with Crippen molar-refractivity contribution in [3.63, 3.8) is 0 Å². The van der Waals surface area contributed by atoms with Crippen molar-refractivity contribution in [2.24, 2.45) is 0 Å². The first kappa shape index (κ1) is 21.3. The quantitative estimate of drug-likeness (QED) is 0.457. The number of hydrogen-bond donors (Lipinski definition) is 3. The number of thiophene rings is 1. The number of amides is 1. The molecule has 30 heavy (non-hydrogen) atoms. The maximum absolute atomic E-state index is 12.4. The average Bonchev–Trinajstić information content (AvgIpc) is 3.22. The van der Waals surface area contributed by atoms with Crippen molar-refractivity contribution >= 4 is 28.9 Å². The number of methoxy groups -OCH3 is 1. The summed E-state index contributed by atoms with van der Waals surface area (Å²) in [5, 5.41) is 20.0. The molecule has 7 heteroatoms. The van der Waals surface area contributed by atoms with E-state index in [4.69, 9.17) is 10.1 Å². The normalized spacial score (nSPS) is 11.5. The molecule has 1 unspecified atom stereocenters. The Hall–Kier alpha value is -3.45. The molecule has 1 aromatic heterocycles. The number of carboxylic acids is 1. The van der Waals surface area contributed by atoms with Gasteiger partial charge in [-0.05, 0) is 47.5 Å². The molecular formula is C23H22N2O4S. The summed E-state index contributed by atoms with van der Waals surface area (Å²) in [5.41, 5.74) is 1.66. The number of hydrogen-bond acceptors (Lipinski definition) is 5. The van der Waals surface area contributed by atoms with E-state index in [1.807, 2.05) is 54.6 Å². The Labute approximate surface area is 178 Å². The number of aliphatic carboxylic acids is 1. The zero-order valence-electron chi connectivity index (χ0n) is 16.4. The fourth-order valence-electron chi connectivity index (χ4n) is 2.93. The minimum absolute atomic E-state index is 0.143. The lowest BCUT2D eigenvalue weighted by Gasteiger charge is -2.15. The van der Waals surface area contributed by atoms with Crippen LogP contribution < -0.4 is 10.1 Å². The van der Waals surface area contributed by atoms with Gasteiger partial charge in [-0.1, -0.05) is 30.3 Å². The standard InChI is InChI=1S/C23H22N2O4S/c1-29-17-9-7-16(8-10-17)21-12-11-18(30-21)14-19(24)22(26)25-20(23(27)28)13-15-5-3-2-4-6-15/h2-12,20,24H,13-14H2,1H3,(H,25,26)(H,27,28). The predicted molar refractivity (Wildman–Crippen MR) is 117 cm³/mol. The molecule has 1 amide bonds. The monoisotopic (exact) mass is 422 g/mol. The Kier molecular flexibility index (Phi) is 6.98. The summed E-state index contributed by atoms with van der Waals surface area (Å²) in [5.74, 6) is -1.02. The van der Waals surface area contributed by atoms with Crippen LogP contribution in [0.3, 0.4) is 0 Å². The largest absolute Gasteiger partial charge is 0.497 e. The van der Waals surface area contributed by atoms with Crippen molar-refractivity contribution in [1.82, 2.24) is 5.32 Å². The Bertz CT molecular complexity index is 1030. The lowest BCUT2D eigenvalue weighted by Crippen LogP contribution is -2.45. The van der Waals surface area contributed by atoms with Crippen molar-refractivity contribution in [3.05, 3.63) is 77.2 Å². The van der Waals surface area contributed by atoms with E-state index in [1.54, 1.807) is 19.2 Å². The number of benzene rings is 2. The molecule has 3 aromatic rings. The van der Waals surface area contributed by atoms with Gasteiger partial charge in [0.1, 0.15) is 17.5 Å². The summed E-state index contributed by atoms with van der Waals surface area (Å²) < 4.78 is 5.16. The summed E-state index contributed by atoms with van der Waals surface area (Å²) >= 11 is 1.50. The predicted octanol–water partition coefficient (Wildman–Crippen LogP) is 3.80. The van der Waals surface area contributed by atoms with Crippen LogP contribution in [0.25, 0.3) is 10.4 Å². The van der Waals surface area contributed by atoms with E-state index in [-0.39, 0.29) is 18.6 Å². The number of carbonyl (C=O) groups excluding carboxylic acids is 1. The summed E-state index contributed by atoms with van der Waals surface area (Å²) in [7, 11) is 1.61. The first-order chi connectivity index (χ1) is 14.5. The third-order valence-electron chi connectivity index (χ3n) is 4.55. The molecule has 0 spiro atoms. The molecule has 3 N–H and O–H groups in total. The van der Waals surface area contributed by atoms with Gasteiger partial charge in [-0.15, -0.1) is 11.3 Å². The highest BCUT2D eigenvalue weighted by atomic mass is 32.1. The fourth-order valence-corrected chi connectivity index (χ4v) is 3.96. The second kappa shape index (κ2) is 9.84. The van der Waals surface area contributed by atoms with Crippen LogP contribution in [0.5, 0.6) is 5.75 Å². The number of carbonyl (C=O) groups is 2.